The predicted octanol–water partition coefficient (Wildman–Crippen LogP) is 1.70. The lowest BCUT2D eigenvalue weighted by atomic mass is 10.1. The summed E-state index contributed by atoms with van der Waals surface area (Å²) in [7, 11) is 1.64. The Hall–Kier alpha value is -1.54. The van der Waals surface area contributed by atoms with Crippen molar-refractivity contribution in [1.29, 1.82) is 0 Å². The Balaban J connectivity index is 1.93. The largest absolute Gasteiger partial charge is 0.495 e. The van der Waals surface area contributed by atoms with Gasteiger partial charge in [0.1, 0.15) is 5.75 Å². The van der Waals surface area contributed by atoms with Gasteiger partial charge in [-0.3, -0.25) is 0 Å². The van der Waals surface area contributed by atoms with Crippen molar-refractivity contribution in [3.05, 3.63) is 29.3 Å². The molecule has 0 amide bonds. The van der Waals surface area contributed by atoms with Crippen LogP contribution in [0.15, 0.2) is 18.2 Å². The van der Waals surface area contributed by atoms with E-state index >= 15 is 0 Å². The molecule has 1 heterocycles. The number of methoxy groups -OCH3 is 1. The van der Waals surface area contributed by atoms with Crippen molar-refractivity contribution in [2.45, 2.75) is 25.6 Å². The molecular formula is C16H21NO3. The summed E-state index contributed by atoms with van der Waals surface area (Å²) in [5.74, 6) is 6.62. The molecule has 20 heavy (non-hydrogen) atoms. The Bertz CT molecular complexity index is 484. The van der Waals surface area contributed by atoms with Gasteiger partial charge >= 0.3 is 0 Å². The van der Waals surface area contributed by atoms with Gasteiger partial charge in [-0.2, -0.15) is 0 Å². The SMILES string of the molecule is COc1ccc(COCC2CCCO2)cc1C#CCN. The molecule has 1 saturated heterocycles. The third-order valence-corrected chi connectivity index (χ3v) is 3.19. The molecule has 2 N–H and O–H groups in total. The highest BCUT2D eigenvalue weighted by Gasteiger charge is 2.15. The summed E-state index contributed by atoms with van der Waals surface area (Å²) in [5.41, 5.74) is 7.32. The average Bonchev–Trinajstić information content (AvgIpc) is 2.98. The van der Waals surface area contributed by atoms with Crippen molar-refractivity contribution >= 4 is 0 Å². The molecule has 108 valence electrons. The van der Waals surface area contributed by atoms with Gasteiger partial charge < -0.3 is 19.9 Å². The zero-order valence-corrected chi connectivity index (χ0v) is 11.9. The quantitative estimate of drug-likeness (QED) is 0.831. The Morgan fingerprint density at radius 3 is 3.05 bits per heavy atom. The highest BCUT2D eigenvalue weighted by atomic mass is 16.5. The maximum absolute atomic E-state index is 5.70. The highest BCUT2D eigenvalue weighted by molar-refractivity contribution is 5.48. The third-order valence-electron chi connectivity index (χ3n) is 3.19. The van der Waals surface area contributed by atoms with Crippen LogP contribution in [-0.2, 0) is 16.1 Å². The number of hydrogen-bond acceptors (Lipinski definition) is 4. The van der Waals surface area contributed by atoms with Crippen LogP contribution in [0.1, 0.15) is 24.0 Å². The molecule has 1 aliphatic rings. The van der Waals surface area contributed by atoms with Gasteiger partial charge in [-0.15, -0.1) is 0 Å². The van der Waals surface area contributed by atoms with Gasteiger partial charge in [0.25, 0.3) is 0 Å². The van der Waals surface area contributed by atoms with Gasteiger partial charge in [0, 0.05) is 6.61 Å². The van der Waals surface area contributed by atoms with Gasteiger partial charge in [0.2, 0.25) is 0 Å². The van der Waals surface area contributed by atoms with Crippen molar-refractivity contribution in [2.75, 3.05) is 26.9 Å². The molecule has 1 unspecified atom stereocenters. The molecule has 0 aliphatic carbocycles. The molecule has 0 spiro atoms. The van der Waals surface area contributed by atoms with Gasteiger partial charge in [-0.25, -0.2) is 0 Å². The van der Waals surface area contributed by atoms with Gasteiger partial charge in [-0.1, -0.05) is 17.9 Å². The molecule has 4 heteroatoms. The lowest BCUT2D eigenvalue weighted by molar-refractivity contribution is 0.0106. The van der Waals surface area contributed by atoms with Gasteiger partial charge in [0.05, 0.1) is 38.5 Å². The Labute approximate surface area is 120 Å². The molecular weight excluding hydrogens is 254 g/mol. The third kappa shape index (κ3) is 4.24. The van der Waals surface area contributed by atoms with Crippen LogP contribution < -0.4 is 10.5 Å². The molecule has 0 saturated carbocycles. The second-order valence-electron chi connectivity index (χ2n) is 4.69. The molecule has 1 aliphatic heterocycles. The van der Waals surface area contributed by atoms with Crippen LogP contribution >= 0.6 is 0 Å². The van der Waals surface area contributed by atoms with Crippen molar-refractivity contribution in [3.8, 4) is 17.6 Å². The number of hydrogen-bond donors (Lipinski definition) is 1. The summed E-state index contributed by atoms with van der Waals surface area (Å²) in [6, 6.07) is 5.88. The second kappa shape index (κ2) is 7.91. The van der Waals surface area contributed by atoms with Crippen molar-refractivity contribution in [2.24, 2.45) is 5.73 Å². The van der Waals surface area contributed by atoms with Crippen LogP contribution in [0.5, 0.6) is 5.75 Å². The Morgan fingerprint density at radius 2 is 2.35 bits per heavy atom. The lowest BCUT2D eigenvalue weighted by Crippen LogP contribution is -2.13. The van der Waals surface area contributed by atoms with Gasteiger partial charge in [0.15, 0.2) is 0 Å². The van der Waals surface area contributed by atoms with Crippen LogP contribution in [0.3, 0.4) is 0 Å². The first-order chi connectivity index (χ1) is 9.83. The molecule has 1 atom stereocenters. The van der Waals surface area contributed by atoms with E-state index in [0.29, 0.717) is 19.8 Å². The highest BCUT2D eigenvalue weighted by Crippen LogP contribution is 2.20. The Morgan fingerprint density at radius 1 is 1.45 bits per heavy atom. The van der Waals surface area contributed by atoms with E-state index in [1.54, 1.807) is 7.11 Å². The molecule has 0 radical (unpaired) electrons. The summed E-state index contributed by atoms with van der Waals surface area (Å²) >= 11 is 0. The fourth-order valence-electron chi connectivity index (χ4n) is 2.17. The molecule has 0 aromatic heterocycles. The van der Waals surface area contributed by atoms with E-state index in [9.17, 15) is 0 Å². The van der Waals surface area contributed by atoms with Crippen molar-refractivity contribution in [3.63, 3.8) is 0 Å². The van der Waals surface area contributed by atoms with Crippen LogP contribution in [0.2, 0.25) is 0 Å². The van der Waals surface area contributed by atoms with Crippen LogP contribution in [0.25, 0.3) is 0 Å². The molecule has 1 aromatic carbocycles. The smallest absolute Gasteiger partial charge is 0.134 e. The summed E-state index contributed by atoms with van der Waals surface area (Å²) in [6.45, 7) is 2.40. The summed E-state index contributed by atoms with van der Waals surface area (Å²) in [6.07, 6.45) is 2.48. The second-order valence-corrected chi connectivity index (χ2v) is 4.69. The summed E-state index contributed by atoms with van der Waals surface area (Å²) < 4.78 is 16.5. The first-order valence-electron chi connectivity index (χ1n) is 6.88. The summed E-state index contributed by atoms with van der Waals surface area (Å²) in [4.78, 5) is 0. The predicted molar refractivity (Wildman–Crippen MR) is 77.6 cm³/mol. The minimum Gasteiger partial charge on any atom is -0.495 e. The maximum atomic E-state index is 5.70. The standard InChI is InChI=1S/C16H21NO3/c1-18-16-7-6-13(10-14(16)4-2-8-17)11-19-12-15-5-3-9-20-15/h6-7,10,15H,3,5,8-9,11-12,17H2,1H3. The maximum Gasteiger partial charge on any atom is 0.134 e. The van der Waals surface area contributed by atoms with E-state index in [0.717, 1.165) is 36.3 Å². The number of rotatable bonds is 5. The van der Waals surface area contributed by atoms with E-state index in [1.807, 2.05) is 18.2 Å². The average molecular weight is 275 g/mol. The number of ether oxygens (including phenoxy) is 3. The van der Waals surface area contributed by atoms with E-state index in [1.165, 1.54) is 0 Å². The number of benzene rings is 1. The fraction of sp³-hybridized carbons (Fsp3) is 0.500. The van der Waals surface area contributed by atoms with E-state index < -0.39 is 0 Å². The van der Waals surface area contributed by atoms with Crippen LogP contribution in [0, 0.1) is 11.8 Å². The summed E-state index contributed by atoms with van der Waals surface area (Å²) in [5, 5.41) is 0. The molecule has 1 aromatic rings. The normalized spacial score (nSPS) is 17.6. The molecule has 1 fully saturated rings. The fourth-order valence-corrected chi connectivity index (χ4v) is 2.17. The first kappa shape index (κ1) is 14.9. The van der Waals surface area contributed by atoms with E-state index in [-0.39, 0.29) is 6.10 Å². The Kier molecular flexibility index (Phi) is 5.87. The molecule has 4 nitrogen and oxygen atoms in total. The first-order valence-corrected chi connectivity index (χ1v) is 6.88. The lowest BCUT2D eigenvalue weighted by Gasteiger charge is -2.11. The molecule has 0 bridgehead atoms. The van der Waals surface area contributed by atoms with Crippen LogP contribution in [-0.4, -0.2) is 33.0 Å². The number of nitrogens with two attached hydrogens (primary N) is 1. The van der Waals surface area contributed by atoms with Crippen LogP contribution in [0.4, 0.5) is 0 Å². The van der Waals surface area contributed by atoms with Gasteiger partial charge in [-0.05, 0) is 30.5 Å². The van der Waals surface area contributed by atoms with E-state index in [2.05, 4.69) is 11.8 Å². The van der Waals surface area contributed by atoms with Crippen molar-refractivity contribution in [1.82, 2.24) is 0 Å². The molecule has 2 rings (SSSR count). The monoisotopic (exact) mass is 275 g/mol. The zero-order valence-electron chi connectivity index (χ0n) is 11.9. The zero-order chi connectivity index (χ0) is 14.2. The minimum atomic E-state index is 0.254. The topological polar surface area (TPSA) is 53.7 Å². The van der Waals surface area contributed by atoms with Crippen molar-refractivity contribution < 1.29 is 14.2 Å². The van der Waals surface area contributed by atoms with E-state index in [4.69, 9.17) is 19.9 Å². The minimum absolute atomic E-state index is 0.254.